The summed E-state index contributed by atoms with van der Waals surface area (Å²) in [4.78, 5) is 15.1. The van der Waals surface area contributed by atoms with Gasteiger partial charge in [-0.05, 0) is 30.7 Å². The van der Waals surface area contributed by atoms with Crippen molar-refractivity contribution in [3.05, 3.63) is 53.9 Å². The monoisotopic (exact) mass is 438 g/mol. The number of anilines is 3. The van der Waals surface area contributed by atoms with Crippen LogP contribution in [0, 0.1) is 11.6 Å². The molecule has 0 saturated heterocycles. The number of aromatic nitrogens is 1. The lowest BCUT2D eigenvalue weighted by atomic mass is 10.2. The molecule has 0 atom stereocenters. The summed E-state index contributed by atoms with van der Waals surface area (Å²) in [5.74, 6) is -2.05. The van der Waals surface area contributed by atoms with E-state index in [1.807, 2.05) is 0 Å². The Morgan fingerprint density at radius 2 is 2.00 bits per heavy atom. The maximum atomic E-state index is 14.9. The molecule has 30 heavy (non-hydrogen) atoms. The largest absolute Gasteiger partial charge is 0.311 e. The second kappa shape index (κ2) is 8.63. The van der Waals surface area contributed by atoms with Gasteiger partial charge in [0.25, 0.3) is 0 Å². The fourth-order valence-electron chi connectivity index (χ4n) is 2.72. The summed E-state index contributed by atoms with van der Waals surface area (Å²) in [6.07, 6.45) is 3.21. The molecular formula is C18H20F2N6O3S. The second-order valence-electron chi connectivity index (χ2n) is 6.44. The molecular weight excluding hydrogens is 418 g/mol. The topological polar surface area (TPSA) is 115 Å². The van der Waals surface area contributed by atoms with E-state index in [1.165, 1.54) is 19.3 Å². The molecule has 9 nitrogen and oxygen atoms in total. The standard InChI is InChI=1S/C18H20F2N6O3S/c1-3-8-30(28,29)24-14-6-5-13(19)18(17(14)20)26-10-15(23-25-26)12-4-7-16(21-9-12)22-11(2)27/h4-7,9-10,23-25H,3,8H2,1-2H3,(H,21,22,27). The number of sulfonamides is 1. The molecule has 2 heterocycles. The second-order valence-corrected chi connectivity index (χ2v) is 8.28. The molecule has 12 heteroatoms. The van der Waals surface area contributed by atoms with E-state index in [0.29, 0.717) is 23.5 Å². The average molecular weight is 438 g/mol. The number of pyridine rings is 1. The fourth-order valence-corrected chi connectivity index (χ4v) is 3.85. The number of hydrogen-bond acceptors (Lipinski definition) is 7. The first kappa shape index (κ1) is 21.5. The zero-order chi connectivity index (χ0) is 21.9. The third-order valence-corrected chi connectivity index (χ3v) is 5.47. The molecule has 0 bridgehead atoms. The first-order chi connectivity index (χ1) is 14.2. The third-order valence-electron chi connectivity index (χ3n) is 3.99. The van der Waals surface area contributed by atoms with Crippen molar-refractivity contribution in [2.75, 3.05) is 20.8 Å². The van der Waals surface area contributed by atoms with E-state index < -0.39 is 27.3 Å². The Kier molecular flexibility index (Phi) is 6.17. The molecule has 160 valence electrons. The van der Waals surface area contributed by atoms with Crippen LogP contribution in [0.2, 0.25) is 0 Å². The summed E-state index contributed by atoms with van der Waals surface area (Å²) < 4.78 is 55.3. The summed E-state index contributed by atoms with van der Waals surface area (Å²) in [6, 6.07) is 5.23. The van der Waals surface area contributed by atoms with Gasteiger partial charge in [-0.2, -0.15) is 0 Å². The predicted molar refractivity (Wildman–Crippen MR) is 109 cm³/mol. The molecule has 1 aromatic carbocycles. The SMILES string of the molecule is CCCS(=O)(=O)Nc1ccc(F)c(N2C=C(c3ccc(NC(C)=O)nc3)NN2)c1F. The van der Waals surface area contributed by atoms with Crippen molar-refractivity contribution in [3.8, 4) is 0 Å². The number of nitrogens with one attached hydrogen (secondary N) is 4. The van der Waals surface area contributed by atoms with Crippen LogP contribution in [0.25, 0.3) is 5.70 Å². The van der Waals surface area contributed by atoms with Gasteiger partial charge in [-0.25, -0.2) is 22.2 Å². The van der Waals surface area contributed by atoms with Gasteiger partial charge in [-0.1, -0.05) is 6.92 Å². The van der Waals surface area contributed by atoms with Crippen molar-refractivity contribution in [2.45, 2.75) is 20.3 Å². The van der Waals surface area contributed by atoms with Crippen LogP contribution in [0.1, 0.15) is 25.8 Å². The van der Waals surface area contributed by atoms with Gasteiger partial charge in [-0.15, -0.1) is 5.53 Å². The smallest absolute Gasteiger partial charge is 0.232 e. The highest BCUT2D eigenvalue weighted by Crippen LogP contribution is 2.31. The van der Waals surface area contributed by atoms with Crippen LogP contribution in [0.15, 0.2) is 36.7 Å². The minimum atomic E-state index is -3.75. The van der Waals surface area contributed by atoms with Crippen molar-refractivity contribution in [1.82, 2.24) is 15.9 Å². The van der Waals surface area contributed by atoms with Crippen molar-refractivity contribution >= 4 is 38.8 Å². The molecule has 1 aliphatic rings. The number of carbonyl (C=O) groups excluding carboxylic acids is 1. The Bertz CT molecular complexity index is 1090. The Morgan fingerprint density at radius 3 is 2.63 bits per heavy atom. The van der Waals surface area contributed by atoms with Gasteiger partial charge >= 0.3 is 0 Å². The molecule has 0 saturated carbocycles. The number of benzene rings is 1. The predicted octanol–water partition coefficient (Wildman–Crippen LogP) is 2.30. The van der Waals surface area contributed by atoms with E-state index in [1.54, 1.807) is 19.1 Å². The van der Waals surface area contributed by atoms with E-state index in [9.17, 15) is 22.0 Å². The molecule has 1 aromatic heterocycles. The molecule has 3 rings (SSSR count). The normalized spacial score (nSPS) is 13.6. The Hall–Kier alpha value is -3.25. The molecule has 0 aliphatic carbocycles. The lowest BCUT2D eigenvalue weighted by molar-refractivity contribution is -0.114. The molecule has 0 fully saturated rings. The van der Waals surface area contributed by atoms with Gasteiger partial charge in [-0.3, -0.25) is 14.5 Å². The average Bonchev–Trinajstić information content (AvgIpc) is 3.14. The number of hydrogen-bond donors (Lipinski definition) is 4. The van der Waals surface area contributed by atoms with E-state index in [-0.39, 0.29) is 17.3 Å². The minimum absolute atomic E-state index is 0.186. The number of hydrazine groups is 2. The molecule has 1 aliphatic heterocycles. The molecule has 0 radical (unpaired) electrons. The molecule has 2 aromatic rings. The maximum Gasteiger partial charge on any atom is 0.232 e. The summed E-state index contributed by atoms with van der Waals surface area (Å²) >= 11 is 0. The van der Waals surface area contributed by atoms with Crippen LogP contribution in [0.3, 0.4) is 0 Å². The van der Waals surface area contributed by atoms with Crippen LogP contribution < -0.4 is 26.0 Å². The quantitative estimate of drug-likeness (QED) is 0.524. The number of nitrogens with zero attached hydrogens (tertiary/aromatic N) is 2. The van der Waals surface area contributed by atoms with E-state index in [2.05, 4.69) is 26.0 Å². The summed E-state index contributed by atoms with van der Waals surface area (Å²) in [7, 11) is -3.75. The van der Waals surface area contributed by atoms with Gasteiger partial charge in [0.2, 0.25) is 15.9 Å². The lowest BCUT2D eigenvalue weighted by Gasteiger charge is -2.18. The first-order valence-corrected chi connectivity index (χ1v) is 10.6. The van der Waals surface area contributed by atoms with Gasteiger partial charge < -0.3 is 10.7 Å². The number of amides is 1. The Balaban J connectivity index is 1.87. The number of carbonyl (C=O) groups is 1. The van der Waals surface area contributed by atoms with E-state index in [4.69, 9.17) is 0 Å². The van der Waals surface area contributed by atoms with Crippen molar-refractivity contribution in [2.24, 2.45) is 0 Å². The zero-order valence-corrected chi connectivity index (χ0v) is 17.0. The van der Waals surface area contributed by atoms with Gasteiger partial charge in [0.1, 0.15) is 11.5 Å². The molecule has 0 unspecified atom stereocenters. The summed E-state index contributed by atoms with van der Waals surface area (Å²) in [6.45, 7) is 3.04. The number of rotatable bonds is 7. The Labute approximate surface area is 172 Å². The zero-order valence-electron chi connectivity index (χ0n) is 16.2. The highest BCUT2D eigenvalue weighted by Gasteiger charge is 2.24. The first-order valence-electron chi connectivity index (χ1n) is 8.95. The Morgan fingerprint density at radius 1 is 1.23 bits per heavy atom. The van der Waals surface area contributed by atoms with E-state index >= 15 is 0 Å². The third kappa shape index (κ3) is 4.83. The summed E-state index contributed by atoms with van der Waals surface area (Å²) in [5, 5.41) is 3.59. The van der Waals surface area contributed by atoms with Crippen LogP contribution in [0.4, 0.5) is 26.0 Å². The van der Waals surface area contributed by atoms with E-state index in [0.717, 1.165) is 17.1 Å². The van der Waals surface area contributed by atoms with Gasteiger partial charge in [0, 0.05) is 24.9 Å². The van der Waals surface area contributed by atoms with Gasteiger partial charge in [0.05, 0.1) is 17.1 Å². The van der Waals surface area contributed by atoms with Gasteiger partial charge in [0.15, 0.2) is 11.6 Å². The van der Waals surface area contributed by atoms with Crippen molar-refractivity contribution < 1.29 is 22.0 Å². The van der Waals surface area contributed by atoms with Crippen molar-refractivity contribution in [3.63, 3.8) is 0 Å². The highest BCUT2D eigenvalue weighted by molar-refractivity contribution is 7.92. The van der Waals surface area contributed by atoms with Crippen molar-refractivity contribution in [1.29, 1.82) is 0 Å². The van der Waals surface area contributed by atoms with Crippen LogP contribution >= 0.6 is 0 Å². The fraction of sp³-hybridized carbons (Fsp3) is 0.222. The maximum absolute atomic E-state index is 14.9. The molecule has 0 spiro atoms. The molecule has 4 N–H and O–H groups in total. The highest BCUT2D eigenvalue weighted by atomic mass is 32.2. The minimum Gasteiger partial charge on any atom is -0.311 e. The number of halogens is 2. The summed E-state index contributed by atoms with van der Waals surface area (Å²) in [5.41, 5.74) is 5.55. The molecule has 1 amide bonds. The van der Waals surface area contributed by atoms with Crippen LogP contribution in [-0.2, 0) is 14.8 Å². The van der Waals surface area contributed by atoms with Crippen LogP contribution in [-0.4, -0.2) is 25.1 Å². The lowest BCUT2D eigenvalue weighted by Crippen LogP contribution is -2.37. The van der Waals surface area contributed by atoms with Crippen LogP contribution in [0.5, 0.6) is 0 Å².